The third-order valence-electron chi connectivity index (χ3n) is 2.74. The molecule has 0 fully saturated rings. The van der Waals surface area contributed by atoms with Crippen molar-refractivity contribution in [2.75, 3.05) is 11.9 Å². The van der Waals surface area contributed by atoms with Crippen LogP contribution in [-0.4, -0.2) is 16.5 Å². The fourth-order valence-electron chi connectivity index (χ4n) is 1.78. The van der Waals surface area contributed by atoms with E-state index < -0.39 is 0 Å². The van der Waals surface area contributed by atoms with Gasteiger partial charge >= 0.3 is 0 Å². The van der Waals surface area contributed by atoms with Crippen LogP contribution in [0.2, 0.25) is 0 Å². The zero-order valence-corrected chi connectivity index (χ0v) is 11.4. The molecular formula is C14H25N3. The smallest absolute Gasteiger partial charge is 0.129 e. The van der Waals surface area contributed by atoms with Crippen LogP contribution in [0, 0.1) is 5.92 Å². The quantitative estimate of drug-likeness (QED) is 0.699. The predicted octanol–water partition coefficient (Wildman–Crippen LogP) is 3.67. The summed E-state index contributed by atoms with van der Waals surface area (Å²) in [6, 6.07) is 2.06. The van der Waals surface area contributed by atoms with E-state index >= 15 is 0 Å². The Morgan fingerprint density at radius 2 is 2.06 bits per heavy atom. The maximum absolute atomic E-state index is 4.25. The molecule has 1 rings (SSSR count). The Bertz CT molecular complexity index is 310. The number of unbranched alkanes of at least 4 members (excludes halogenated alkanes) is 1. The number of aryl methyl sites for hydroxylation is 1. The van der Waals surface area contributed by atoms with Crippen molar-refractivity contribution >= 4 is 5.82 Å². The zero-order chi connectivity index (χ0) is 12.5. The second kappa shape index (κ2) is 8.04. The van der Waals surface area contributed by atoms with E-state index in [9.17, 15) is 0 Å². The van der Waals surface area contributed by atoms with E-state index in [1.54, 1.807) is 6.33 Å². The summed E-state index contributed by atoms with van der Waals surface area (Å²) in [6.45, 7) is 7.72. The molecule has 1 heterocycles. The van der Waals surface area contributed by atoms with Gasteiger partial charge in [-0.05, 0) is 18.8 Å². The molecule has 0 amide bonds. The third-order valence-corrected chi connectivity index (χ3v) is 2.74. The maximum atomic E-state index is 4.25. The fraction of sp³-hybridized carbons (Fsp3) is 0.714. The van der Waals surface area contributed by atoms with Crippen LogP contribution in [0.4, 0.5) is 5.82 Å². The monoisotopic (exact) mass is 235 g/mol. The highest BCUT2D eigenvalue weighted by Crippen LogP contribution is 2.08. The van der Waals surface area contributed by atoms with E-state index in [0.29, 0.717) is 0 Å². The first kappa shape index (κ1) is 13.9. The predicted molar refractivity (Wildman–Crippen MR) is 73.2 cm³/mol. The second-order valence-corrected chi connectivity index (χ2v) is 4.96. The minimum Gasteiger partial charge on any atom is -0.370 e. The van der Waals surface area contributed by atoms with Gasteiger partial charge in [-0.15, -0.1) is 0 Å². The Hall–Kier alpha value is -1.12. The normalized spacial score (nSPS) is 10.8. The summed E-state index contributed by atoms with van der Waals surface area (Å²) in [5.74, 6) is 1.78. The van der Waals surface area contributed by atoms with Gasteiger partial charge < -0.3 is 5.32 Å². The highest BCUT2D eigenvalue weighted by atomic mass is 15.0. The van der Waals surface area contributed by atoms with Crippen molar-refractivity contribution in [3.05, 3.63) is 18.1 Å². The molecule has 3 nitrogen and oxygen atoms in total. The Morgan fingerprint density at radius 3 is 2.76 bits per heavy atom. The fourth-order valence-corrected chi connectivity index (χ4v) is 1.78. The molecule has 1 aromatic heterocycles. The van der Waals surface area contributed by atoms with Crippen molar-refractivity contribution in [1.29, 1.82) is 0 Å². The molecule has 1 aromatic rings. The number of anilines is 1. The van der Waals surface area contributed by atoms with Gasteiger partial charge in [0.05, 0.1) is 0 Å². The molecule has 0 atom stereocenters. The Balaban J connectivity index is 2.24. The molecule has 0 radical (unpaired) electrons. The lowest BCUT2D eigenvalue weighted by Crippen LogP contribution is -2.05. The van der Waals surface area contributed by atoms with E-state index in [2.05, 4.69) is 42.1 Å². The lowest BCUT2D eigenvalue weighted by Gasteiger charge is -2.07. The van der Waals surface area contributed by atoms with E-state index in [0.717, 1.165) is 36.8 Å². The van der Waals surface area contributed by atoms with Crippen LogP contribution in [0.5, 0.6) is 0 Å². The van der Waals surface area contributed by atoms with Crippen LogP contribution in [-0.2, 0) is 6.42 Å². The summed E-state index contributed by atoms with van der Waals surface area (Å²) in [5.41, 5.74) is 1.13. The summed E-state index contributed by atoms with van der Waals surface area (Å²) in [6.07, 6.45) is 7.63. The van der Waals surface area contributed by atoms with Crippen molar-refractivity contribution in [1.82, 2.24) is 9.97 Å². The van der Waals surface area contributed by atoms with Crippen molar-refractivity contribution in [3.63, 3.8) is 0 Å². The van der Waals surface area contributed by atoms with Crippen LogP contribution >= 0.6 is 0 Å². The van der Waals surface area contributed by atoms with Crippen LogP contribution in [0.3, 0.4) is 0 Å². The first-order valence-electron chi connectivity index (χ1n) is 6.77. The third kappa shape index (κ3) is 6.25. The van der Waals surface area contributed by atoms with Gasteiger partial charge in [0.2, 0.25) is 0 Å². The van der Waals surface area contributed by atoms with Crippen molar-refractivity contribution in [2.45, 2.75) is 52.9 Å². The van der Waals surface area contributed by atoms with Gasteiger partial charge in [0.25, 0.3) is 0 Å². The first-order chi connectivity index (χ1) is 8.22. The highest BCUT2D eigenvalue weighted by molar-refractivity contribution is 5.34. The number of aromatic nitrogens is 2. The van der Waals surface area contributed by atoms with E-state index in [-0.39, 0.29) is 0 Å². The number of hydrogen-bond donors (Lipinski definition) is 1. The van der Waals surface area contributed by atoms with Gasteiger partial charge in [-0.3, -0.25) is 0 Å². The highest BCUT2D eigenvalue weighted by Gasteiger charge is 1.98. The standard InChI is InChI=1S/C14H25N3/c1-4-7-13-10-14(17-11-16-13)15-9-6-5-8-12(2)3/h10-12H,4-9H2,1-3H3,(H,15,16,17). The van der Waals surface area contributed by atoms with E-state index in [4.69, 9.17) is 0 Å². The number of nitrogens with zero attached hydrogens (tertiary/aromatic N) is 2. The van der Waals surface area contributed by atoms with Gasteiger partial charge in [-0.2, -0.15) is 0 Å². The summed E-state index contributed by atoms with van der Waals surface area (Å²) in [4.78, 5) is 8.48. The topological polar surface area (TPSA) is 37.8 Å². The number of rotatable bonds is 8. The first-order valence-corrected chi connectivity index (χ1v) is 6.77. The molecule has 0 aliphatic carbocycles. The lowest BCUT2D eigenvalue weighted by molar-refractivity contribution is 0.544. The van der Waals surface area contributed by atoms with Crippen LogP contribution < -0.4 is 5.32 Å². The van der Waals surface area contributed by atoms with Gasteiger partial charge in [0.15, 0.2) is 0 Å². The molecule has 0 aliphatic rings. The Kier molecular flexibility index (Phi) is 6.60. The minimum atomic E-state index is 0.810. The molecule has 0 spiro atoms. The Labute approximate surface area is 105 Å². The molecule has 1 N–H and O–H groups in total. The number of hydrogen-bond acceptors (Lipinski definition) is 3. The van der Waals surface area contributed by atoms with Crippen LogP contribution in [0.25, 0.3) is 0 Å². The van der Waals surface area contributed by atoms with E-state index in [1.165, 1.54) is 19.3 Å². The summed E-state index contributed by atoms with van der Waals surface area (Å²) in [7, 11) is 0. The van der Waals surface area contributed by atoms with Crippen molar-refractivity contribution in [3.8, 4) is 0 Å². The largest absolute Gasteiger partial charge is 0.370 e. The van der Waals surface area contributed by atoms with Crippen molar-refractivity contribution < 1.29 is 0 Å². The molecule has 96 valence electrons. The molecule has 0 saturated carbocycles. The molecule has 0 saturated heterocycles. The number of nitrogens with one attached hydrogen (secondary N) is 1. The van der Waals surface area contributed by atoms with Gasteiger partial charge in [0.1, 0.15) is 12.1 Å². The molecule has 0 aliphatic heterocycles. The zero-order valence-electron chi connectivity index (χ0n) is 11.4. The molecule has 0 bridgehead atoms. The van der Waals surface area contributed by atoms with Gasteiger partial charge in [-0.1, -0.05) is 40.0 Å². The minimum absolute atomic E-state index is 0.810. The summed E-state index contributed by atoms with van der Waals surface area (Å²) < 4.78 is 0. The van der Waals surface area contributed by atoms with Gasteiger partial charge in [-0.25, -0.2) is 9.97 Å². The lowest BCUT2D eigenvalue weighted by atomic mass is 10.1. The summed E-state index contributed by atoms with van der Waals surface area (Å²) >= 11 is 0. The summed E-state index contributed by atoms with van der Waals surface area (Å²) in [5, 5.41) is 3.37. The molecule has 0 aromatic carbocycles. The molecular weight excluding hydrogens is 210 g/mol. The van der Waals surface area contributed by atoms with Gasteiger partial charge in [0, 0.05) is 18.3 Å². The second-order valence-electron chi connectivity index (χ2n) is 4.96. The van der Waals surface area contributed by atoms with E-state index in [1.807, 2.05) is 0 Å². The SMILES string of the molecule is CCCc1cc(NCCCCC(C)C)ncn1. The molecule has 3 heteroatoms. The average Bonchev–Trinajstić information content (AvgIpc) is 2.29. The average molecular weight is 235 g/mol. The molecule has 17 heavy (non-hydrogen) atoms. The Morgan fingerprint density at radius 1 is 1.24 bits per heavy atom. The van der Waals surface area contributed by atoms with Crippen molar-refractivity contribution in [2.24, 2.45) is 5.92 Å². The maximum Gasteiger partial charge on any atom is 0.129 e. The van der Waals surface area contributed by atoms with Crippen LogP contribution in [0.15, 0.2) is 12.4 Å². The molecule has 0 unspecified atom stereocenters. The van der Waals surface area contributed by atoms with Crippen LogP contribution in [0.1, 0.15) is 52.1 Å².